The quantitative estimate of drug-likeness (QED) is 0.557. The number of nitrogens with zero attached hydrogens (tertiary/aromatic N) is 3. The molecule has 3 fully saturated rings. The van der Waals surface area contributed by atoms with E-state index >= 15 is 0 Å². The SMILES string of the molecule is O=C1NCCCN(C(=O)c2cc3ccccc3o2)CCN2C(=O)[C@@]3(c4ccccc42)[C@H]1C[C@@H]1CCCN13. The van der Waals surface area contributed by atoms with Crippen LogP contribution in [0.2, 0.25) is 0 Å². The van der Waals surface area contributed by atoms with Gasteiger partial charge in [-0.25, -0.2) is 0 Å². The van der Waals surface area contributed by atoms with Crippen molar-refractivity contribution in [3.63, 3.8) is 0 Å². The van der Waals surface area contributed by atoms with Gasteiger partial charge in [0.25, 0.3) is 11.8 Å². The van der Waals surface area contributed by atoms with Gasteiger partial charge in [0.1, 0.15) is 11.1 Å². The summed E-state index contributed by atoms with van der Waals surface area (Å²) < 4.78 is 5.87. The molecule has 0 saturated carbocycles. The highest BCUT2D eigenvalue weighted by Crippen LogP contribution is 2.57. The molecular formula is C29H30N4O4. The van der Waals surface area contributed by atoms with Crippen LogP contribution in [0.5, 0.6) is 0 Å². The van der Waals surface area contributed by atoms with Crippen LogP contribution in [-0.4, -0.2) is 66.3 Å². The van der Waals surface area contributed by atoms with Crippen LogP contribution >= 0.6 is 0 Å². The number of hydrogen-bond donors (Lipinski definition) is 1. The summed E-state index contributed by atoms with van der Waals surface area (Å²) >= 11 is 0. The zero-order valence-corrected chi connectivity index (χ0v) is 20.7. The second-order valence-corrected chi connectivity index (χ2v) is 10.6. The topological polar surface area (TPSA) is 86.1 Å². The molecule has 190 valence electrons. The Bertz CT molecular complexity index is 1380. The van der Waals surface area contributed by atoms with Gasteiger partial charge in [-0.1, -0.05) is 36.4 Å². The number of benzene rings is 2. The smallest absolute Gasteiger partial charge is 0.289 e. The fraction of sp³-hybridized carbons (Fsp3) is 0.414. The maximum atomic E-state index is 14.4. The molecule has 3 atom stereocenters. The third-order valence-electron chi connectivity index (χ3n) is 8.76. The standard InChI is InChI=1S/C29H30N4O4/c34-26-22-18-20-8-5-14-33(20)29(22)21-9-2-3-10-23(21)32(28(29)36)16-15-31(13-6-12-30-26)27(35)25-17-19-7-1-4-11-24(19)37-25/h1-4,7,9-11,17,20,22H,5-6,8,12-16,18H2,(H,30,34)/t20-,22-,29+/m0/s1. The first-order valence-corrected chi connectivity index (χ1v) is 13.3. The second kappa shape index (κ2) is 8.45. The predicted octanol–water partition coefficient (Wildman–Crippen LogP) is 3.12. The molecule has 3 aromatic rings. The van der Waals surface area contributed by atoms with E-state index in [4.69, 9.17) is 4.42 Å². The second-order valence-electron chi connectivity index (χ2n) is 10.6. The summed E-state index contributed by atoms with van der Waals surface area (Å²) in [7, 11) is 0. The van der Waals surface area contributed by atoms with E-state index in [0.717, 1.165) is 36.0 Å². The van der Waals surface area contributed by atoms with Crippen LogP contribution < -0.4 is 10.2 Å². The van der Waals surface area contributed by atoms with Crippen LogP contribution in [0.1, 0.15) is 41.8 Å². The van der Waals surface area contributed by atoms with Gasteiger partial charge in [0, 0.05) is 48.9 Å². The molecule has 1 aromatic heterocycles. The summed E-state index contributed by atoms with van der Waals surface area (Å²) in [5.74, 6) is -0.417. The van der Waals surface area contributed by atoms with Crippen molar-refractivity contribution in [2.45, 2.75) is 37.3 Å². The fourth-order valence-electron chi connectivity index (χ4n) is 7.17. The lowest BCUT2D eigenvalue weighted by molar-refractivity contribution is -0.139. The number of furan rings is 1. The van der Waals surface area contributed by atoms with Gasteiger partial charge in [-0.05, 0) is 50.4 Å². The summed E-state index contributed by atoms with van der Waals surface area (Å²) in [6.45, 7) is 2.49. The number of anilines is 1. The minimum absolute atomic E-state index is 0.0324. The van der Waals surface area contributed by atoms with Crippen molar-refractivity contribution in [2.75, 3.05) is 37.6 Å². The predicted molar refractivity (Wildman–Crippen MR) is 138 cm³/mol. The summed E-state index contributed by atoms with van der Waals surface area (Å²) in [6.07, 6.45) is 3.39. The Hall–Kier alpha value is -3.65. The van der Waals surface area contributed by atoms with E-state index in [2.05, 4.69) is 10.2 Å². The van der Waals surface area contributed by atoms with Crippen molar-refractivity contribution >= 4 is 34.4 Å². The van der Waals surface area contributed by atoms with E-state index in [1.54, 1.807) is 11.0 Å². The van der Waals surface area contributed by atoms with Gasteiger partial charge in [0.15, 0.2) is 5.76 Å². The van der Waals surface area contributed by atoms with Gasteiger partial charge < -0.3 is 19.5 Å². The Morgan fingerprint density at radius 3 is 2.70 bits per heavy atom. The van der Waals surface area contributed by atoms with Crippen LogP contribution in [0.25, 0.3) is 11.0 Å². The number of nitrogens with one attached hydrogen (secondary N) is 1. The Morgan fingerprint density at radius 2 is 1.81 bits per heavy atom. The maximum Gasteiger partial charge on any atom is 0.289 e. The molecule has 3 amide bonds. The third-order valence-corrected chi connectivity index (χ3v) is 8.76. The molecule has 0 unspecified atom stereocenters. The molecule has 7 rings (SSSR count). The van der Waals surface area contributed by atoms with Crippen LogP contribution in [0.3, 0.4) is 0 Å². The third kappa shape index (κ3) is 3.21. The molecular weight excluding hydrogens is 468 g/mol. The minimum atomic E-state index is -0.964. The minimum Gasteiger partial charge on any atom is -0.451 e. The van der Waals surface area contributed by atoms with Crippen LogP contribution in [-0.2, 0) is 15.1 Å². The Balaban J connectivity index is 1.26. The average molecular weight is 499 g/mol. The van der Waals surface area contributed by atoms with Gasteiger partial charge >= 0.3 is 0 Å². The van der Waals surface area contributed by atoms with Gasteiger partial charge in [-0.3, -0.25) is 19.3 Å². The van der Waals surface area contributed by atoms with E-state index in [-0.39, 0.29) is 29.5 Å². The Morgan fingerprint density at radius 1 is 0.973 bits per heavy atom. The molecule has 3 saturated heterocycles. The molecule has 4 aliphatic heterocycles. The molecule has 1 spiro atoms. The molecule has 8 heteroatoms. The Labute approximate surface area is 215 Å². The van der Waals surface area contributed by atoms with Crippen molar-refractivity contribution in [3.8, 4) is 0 Å². The average Bonchev–Trinajstić information content (AvgIpc) is 3.66. The first-order valence-electron chi connectivity index (χ1n) is 13.3. The number of carbonyl (C=O) groups excluding carboxylic acids is 3. The zero-order chi connectivity index (χ0) is 25.1. The molecule has 0 radical (unpaired) electrons. The highest BCUT2D eigenvalue weighted by Gasteiger charge is 2.67. The number of amides is 3. The monoisotopic (exact) mass is 498 g/mol. The molecule has 4 aliphatic rings. The number of carbonyl (C=O) groups is 3. The maximum absolute atomic E-state index is 14.4. The lowest BCUT2D eigenvalue weighted by Crippen LogP contribution is -2.57. The number of rotatable bonds is 1. The van der Waals surface area contributed by atoms with E-state index in [0.29, 0.717) is 44.6 Å². The lowest BCUT2D eigenvalue weighted by Gasteiger charge is -2.37. The van der Waals surface area contributed by atoms with Crippen LogP contribution in [0.4, 0.5) is 5.69 Å². The van der Waals surface area contributed by atoms with Gasteiger partial charge in [-0.15, -0.1) is 0 Å². The van der Waals surface area contributed by atoms with Gasteiger partial charge in [0.2, 0.25) is 5.91 Å². The molecule has 37 heavy (non-hydrogen) atoms. The van der Waals surface area contributed by atoms with Crippen LogP contribution in [0.15, 0.2) is 59.0 Å². The molecule has 5 heterocycles. The van der Waals surface area contributed by atoms with Crippen molar-refractivity contribution in [3.05, 3.63) is 65.9 Å². The van der Waals surface area contributed by atoms with E-state index in [1.165, 1.54) is 0 Å². The molecule has 1 N–H and O–H groups in total. The summed E-state index contributed by atoms with van der Waals surface area (Å²) in [6, 6.07) is 17.5. The Kier molecular flexibility index (Phi) is 5.15. The highest BCUT2D eigenvalue weighted by atomic mass is 16.3. The van der Waals surface area contributed by atoms with E-state index in [9.17, 15) is 14.4 Å². The summed E-state index contributed by atoms with van der Waals surface area (Å²) in [4.78, 5) is 47.4. The first kappa shape index (κ1) is 22.5. The fourth-order valence-corrected chi connectivity index (χ4v) is 7.17. The highest BCUT2D eigenvalue weighted by molar-refractivity contribution is 6.11. The zero-order valence-electron chi connectivity index (χ0n) is 20.7. The molecule has 2 aromatic carbocycles. The first-order chi connectivity index (χ1) is 18.1. The summed E-state index contributed by atoms with van der Waals surface area (Å²) in [5.41, 5.74) is 1.49. The number of fused-ring (bicyclic) bond motifs is 5. The normalized spacial score (nSPS) is 27.9. The molecule has 8 nitrogen and oxygen atoms in total. The molecule has 0 aliphatic carbocycles. The van der Waals surface area contributed by atoms with Crippen molar-refractivity contribution < 1.29 is 18.8 Å². The number of hydrogen-bond acceptors (Lipinski definition) is 5. The summed E-state index contributed by atoms with van der Waals surface area (Å²) in [5, 5.41) is 3.99. The van der Waals surface area contributed by atoms with Gasteiger partial charge in [-0.2, -0.15) is 0 Å². The van der Waals surface area contributed by atoms with Crippen molar-refractivity contribution in [2.24, 2.45) is 5.92 Å². The molecule has 2 bridgehead atoms. The van der Waals surface area contributed by atoms with Gasteiger partial charge in [0.05, 0.1) is 5.92 Å². The van der Waals surface area contributed by atoms with Crippen LogP contribution in [0, 0.1) is 5.92 Å². The largest absolute Gasteiger partial charge is 0.451 e. The lowest BCUT2D eigenvalue weighted by atomic mass is 9.78. The van der Waals surface area contributed by atoms with E-state index in [1.807, 2.05) is 53.4 Å². The number of para-hydroxylation sites is 2. The van der Waals surface area contributed by atoms with Crippen molar-refractivity contribution in [1.29, 1.82) is 0 Å². The van der Waals surface area contributed by atoms with Crippen molar-refractivity contribution in [1.82, 2.24) is 15.1 Å². The van der Waals surface area contributed by atoms with E-state index < -0.39 is 11.5 Å².